The minimum absolute atomic E-state index is 0.199. The first-order valence-corrected chi connectivity index (χ1v) is 11.4. The number of thioether (sulfide) groups is 1. The number of halogens is 2. The van der Waals surface area contributed by atoms with Crippen LogP contribution in [0.15, 0.2) is 71.6 Å². The molecular weight excluding hydrogens is 449 g/mol. The Balaban J connectivity index is 1.59. The van der Waals surface area contributed by atoms with Crippen molar-refractivity contribution in [3.8, 4) is 0 Å². The largest absolute Gasteiger partial charge is 0.348 e. The second-order valence-corrected chi connectivity index (χ2v) is 8.96. The number of fused-ring (bicyclic) bond motifs is 1. The number of nitrogens with zero attached hydrogens (tertiary/aromatic N) is 1. The van der Waals surface area contributed by atoms with Crippen LogP contribution in [0, 0.1) is 5.82 Å². The minimum Gasteiger partial charge on any atom is -0.348 e. The SMILES string of the molecule is N[C@H]1CSc2ccc(C(=O)NCc3ccc(F)cc3)cc2N(Cc2ccc(Cl)cc2)C1=O. The highest BCUT2D eigenvalue weighted by molar-refractivity contribution is 7.99. The van der Waals surface area contributed by atoms with E-state index in [-0.39, 0.29) is 24.2 Å². The van der Waals surface area contributed by atoms with Crippen molar-refractivity contribution in [3.05, 3.63) is 94.3 Å². The number of amides is 2. The van der Waals surface area contributed by atoms with E-state index in [1.165, 1.54) is 23.9 Å². The van der Waals surface area contributed by atoms with Crippen LogP contribution in [0.4, 0.5) is 10.1 Å². The first-order valence-electron chi connectivity index (χ1n) is 10.0. The van der Waals surface area contributed by atoms with E-state index in [1.807, 2.05) is 18.2 Å². The third-order valence-electron chi connectivity index (χ3n) is 5.13. The van der Waals surface area contributed by atoms with Gasteiger partial charge >= 0.3 is 0 Å². The van der Waals surface area contributed by atoms with Gasteiger partial charge in [0, 0.05) is 27.8 Å². The Hall–Kier alpha value is -2.87. The van der Waals surface area contributed by atoms with Gasteiger partial charge in [-0.2, -0.15) is 0 Å². The Labute approximate surface area is 194 Å². The minimum atomic E-state index is -0.643. The van der Waals surface area contributed by atoms with E-state index in [0.717, 1.165) is 16.0 Å². The topological polar surface area (TPSA) is 75.4 Å². The van der Waals surface area contributed by atoms with Crippen LogP contribution in [0.1, 0.15) is 21.5 Å². The molecule has 164 valence electrons. The maximum Gasteiger partial charge on any atom is 0.251 e. The Bertz CT molecular complexity index is 1140. The highest BCUT2D eigenvalue weighted by Gasteiger charge is 2.29. The number of carbonyl (C=O) groups is 2. The normalized spacial score (nSPS) is 15.8. The number of rotatable bonds is 5. The van der Waals surface area contributed by atoms with Crippen molar-refractivity contribution in [1.29, 1.82) is 0 Å². The highest BCUT2D eigenvalue weighted by Crippen LogP contribution is 2.36. The van der Waals surface area contributed by atoms with Gasteiger partial charge in [0.1, 0.15) is 5.82 Å². The summed E-state index contributed by atoms with van der Waals surface area (Å²) in [5.41, 5.74) is 8.87. The van der Waals surface area contributed by atoms with Crippen LogP contribution >= 0.6 is 23.4 Å². The van der Waals surface area contributed by atoms with Gasteiger partial charge in [0.15, 0.2) is 0 Å². The van der Waals surface area contributed by atoms with Gasteiger partial charge in [-0.05, 0) is 53.6 Å². The molecule has 0 aliphatic carbocycles. The Morgan fingerprint density at radius 1 is 1.09 bits per heavy atom. The number of benzene rings is 3. The van der Waals surface area contributed by atoms with Crippen molar-refractivity contribution in [2.45, 2.75) is 24.0 Å². The number of hydrogen-bond donors (Lipinski definition) is 2. The molecule has 1 atom stereocenters. The number of nitrogens with two attached hydrogens (primary N) is 1. The molecule has 32 heavy (non-hydrogen) atoms. The van der Waals surface area contributed by atoms with Crippen LogP contribution in [-0.2, 0) is 17.9 Å². The molecule has 2 amide bonds. The molecule has 0 aromatic heterocycles. The van der Waals surface area contributed by atoms with Gasteiger partial charge in [-0.25, -0.2) is 4.39 Å². The summed E-state index contributed by atoms with van der Waals surface area (Å²) in [5.74, 6) is -0.351. The van der Waals surface area contributed by atoms with E-state index in [9.17, 15) is 14.0 Å². The monoisotopic (exact) mass is 469 g/mol. The second-order valence-electron chi connectivity index (χ2n) is 7.46. The van der Waals surface area contributed by atoms with Crippen molar-refractivity contribution in [1.82, 2.24) is 5.32 Å². The third-order valence-corrected chi connectivity index (χ3v) is 6.57. The zero-order valence-corrected chi connectivity index (χ0v) is 18.6. The fourth-order valence-corrected chi connectivity index (χ4v) is 4.49. The van der Waals surface area contributed by atoms with E-state index >= 15 is 0 Å². The van der Waals surface area contributed by atoms with E-state index in [2.05, 4.69) is 5.32 Å². The van der Waals surface area contributed by atoms with Crippen molar-refractivity contribution in [2.75, 3.05) is 10.7 Å². The summed E-state index contributed by atoms with van der Waals surface area (Å²) in [6.45, 7) is 0.584. The summed E-state index contributed by atoms with van der Waals surface area (Å²) in [6, 6.07) is 17.9. The third kappa shape index (κ3) is 5.12. The molecule has 0 saturated carbocycles. The van der Waals surface area contributed by atoms with Gasteiger partial charge in [-0.1, -0.05) is 35.9 Å². The summed E-state index contributed by atoms with van der Waals surface area (Å²) in [7, 11) is 0. The van der Waals surface area contributed by atoms with Crippen molar-refractivity contribution in [3.63, 3.8) is 0 Å². The van der Waals surface area contributed by atoms with Crippen molar-refractivity contribution < 1.29 is 14.0 Å². The maximum absolute atomic E-state index is 13.1. The van der Waals surface area contributed by atoms with Gasteiger partial charge in [-0.15, -0.1) is 11.8 Å². The van der Waals surface area contributed by atoms with E-state index in [1.54, 1.807) is 41.3 Å². The van der Waals surface area contributed by atoms with Crippen LogP contribution in [0.25, 0.3) is 0 Å². The molecule has 0 bridgehead atoms. The molecule has 5 nitrogen and oxygen atoms in total. The fourth-order valence-electron chi connectivity index (χ4n) is 3.38. The van der Waals surface area contributed by atoms with Crippen molar-refractivity contribution >= 4 is 40.9 Å². The molecule has 1 aliphatic rings. The molecule has 1 aliphatic heterocycles. The number of nitrogens with one attached hydrogen (secondary N) is 1. The van der Waals surface area contributed by atoms with Crippen molar-refractivity contribution in [2.24, 2.45) is 5.73 Å². The molecule has 3 aromatic carbocycles. The lowest BCUT2D eigenvalue weighted by atomic mass is 10.1. The number of hydrogen-bond acceptors (Lipinski definition) is 4. The molecule has 3 N–H and O–H groups in total. The molecule has 0 radical (unpaired) electrons. The van der Waals surface area contributed by atoms with Gasteiger partial charge in [0.05, 0.1) is 18.3 Å². The van der Waals surface area contributed by atoms with Crippen LogP contribution < -0.4 is 16.0 Å². The second kappa shape index (κ2) is 9.73. The predicted octanol–water partition coefficient (Wildman–Crippen LogP) is 4.38. The quantitative estimate of drug-likeness (QED) is 0.581. The molecule has 1 heterocycles. The average molecular weight is 470 g/mol. The molecule has 8 heteroatoms. The molecule has 0 saturated heterocycles. The van der Waals surface area contributed by atoms with E-state index < -0.39 is 6.04 Å². The molecule has 4 rings (SSSR count). The maximum atomic E-state index is 13.1. The lowest BCUT2D eigenvalue weighted by Gasteiger charge is -2.25. The van der Waals surface area contributed by atoms with Crippen LogP contribution in [0.2, 0.25) is 5.02 Å². The number of carbonyl (C=O) groups excluding carboxylic acids is 2. The van der Waals surface area contributed by atoms with Crippen LogP contribution in [0.3, 0.4) is 0 Å². The van der Waals surface area contributed by atoms with Gasteiger partial charge < -0.3 is 16.0 Å². The summed E-state index contributed by atoms with van der Waals surface area (Å²) in [4.78, 5) is 28.3. The summed E-state index contributed by atoms with van der Waals surface area (Å²) in [6.07, 6.45) is 0. The van der Waals surface area contributed by atoms with Crippen LogP contribution in [-0.4, -0.2) is 23.6 Å². The zero-order chi connectivity index (χ0) is 22.7. The summed E-state index contributed by atoms with van der Waals surface area (Å²) >= 11 is 7.48. The van der Waals surface area contributed by atoms with Gasteiger partial charge in [0.2, 0.25) is 5.91 Å². The Morgan fingerprint density at radius 2 is 1.78 bits per heavy atom. The number of anilines is 1. The van der Waals surface area contributed by atoms with Gasteiger partial charge in [0.25, 0.3) is 5.91 Å². The molecule has 0 fully saturated rings. The van der Waals surface area contributed by atoms with Crippen LogP contribution in [0.5, 0.6) is 0 Å². The molecular formula is C24H21ClFN3O2S. The summed E-state index contributed by atoms with van der Waals surface area (Å²) in [5, 5.41) is 3.45. The fraction of sp³-hybridized carbons (Fsp3) is 0.167. The predicted molar refractivity (Wildman–Crippen MR) is 125 cm³/mol. The Kier molecular flexibility index (Phi) is 6.79. The van der Waals surface area contributed by atoms with E-state index in [4.69, 9.17) is 17.3 Å². The highest BCUT2D eigenvalue weighted by atomic mass is 35.5. The standard InChI is InChI=1S/C24H21ClFN3O2S/c25-18-6-1-16(2-7-18)13-29-21-11-17(5-10-22(21)32-14-20(27)24(29)31)23(30)28-12-15-3-8-19(26)9-4-15/h1-11,20H,12-14,27H2,(H,28,30)/t20-/m0/s1. The molecule has 0 spiro atoms. The first-order chi connectivity index (χ1) is 15.4. The summed E-state index contributed by atoms with van der Waals surface area (Å²) < 4.78 is 13.1. The van der Waals surface area contributed by atoms with Gasteiger partial charge in [-0.3, -0.25) is 9.59 Å². The lowest BCUT2D eigenvalue weighted by molar-refractivity contribution is -0.119. The average Bonchev–Trinajstić information content (AvgIpc) is 2.91. The molecule has 3 aromatic rings. The zero-order valence-electron chi connectivity index (χ0n) is 17.1. The first kappa shape index (κ1) is 22.3. The lowest BCUT2D eigenvalue weighted by Crippen LogP contribution is -2.44. The smallest absolute Gasteiger partial charge is 0.251 e. The molecule has 0 unspecified atom stereocenters. The van der Waals surface area contributed by atoms with E-state index in [0.29, 0.717) is 28.6 Å². The Morgan fingerprint density at radius 3 is 2.50 bits per heavy atom.